The maximum Gasteiger partial charge on any atom is 0.126 e. The summed E-state index contributed by atoms with van der Waals surface area (Å²) in [6.07, 6.45) is 0. The van der Waals surface area contributed by atoms with Gasteiger partial charge >= 0.3 is 0 Å². The fourth-order valence-electron chi connectivity index (χ4n) is 0.204. The van der Waals surface area contributed by atoms with Gasteiger partial charge in [-0.15, -0.1) is 0 Å². The van der Waals surface area contributed by atoms with E-state index < -0.39 is 0 Å². The number of aliphatic hydroxyl groups is 1. The Morgan fingerprint density at radius 3 is 1.33 bits per heavy atom. The summed E-state index contributed by atoms with van der Waals surface area (Å²) >= 11 is 0. The molecule has 0 saturated heterocycles. The Bertz CT molecular complexity index is 66.2. The van der Waals surface area contributed by atoms with Gasteiger partial charge in [0.15, 0.2) is 0 Å². The molecular weight excluding hydrogens is 156 g/mol. The van der Waals surface area contributed by atoms with E-state index in [0.717, 1.165) is 13.2 Å². The van der Waals surface area contributed by atoms with Gasteiger partial charge in [0.1, 0.15) is 5.78 Å². The minimum absolute atomic E-state index is 0.167. The van der Waals surface area contributed by atoms with Crippen LogP contribution in [-0.4, -0.2) is 30.7 Å². The fraction of sp³-hybridized carbons (Fsp3) is 0.889. The van der Waals surface area contributed by atoms with Gasteiger partial charge in [0.25, 0.3) is 0 Å². The maximum atomic E-state index is 9.44. The molecule has 0 bridgehead atoms. The summed E-state index contributed by atoms with van der Waals surface area (Å²) in [6, 6.07) is 0. The topological polar surface area (TPSA) is 46.5 Å². The number of carbonyl (C=O) groups is 1. The molecule has 1 N–H and O–H groups in total. The van der Waals surface area contributed by atoms with E-state index in [1.807, 2.05) is 13.8 Å². The third-order valence-corrected chi connectivity index (χ3v) is 0.408. The lowest BCUT2D eigenvalue weighted by atomic mass is 10.6. The maximum absolute atomic E-state index is 9.44. The Balaban J connectivity index is -0.000000105. The third kappa shape index (κ3) is 280. The summed E-state index contributed by atoms with van der Waals surface area (Å²) in [6.45, 7) is 10.7. The van der Waals surface area contributed by atoms with Crippen molar-refractivity contribution in [1.29, 1.82) is 0 Å². The number of ether oxygens (including phenoxy) is 1. The molecule has 12 heavy (non-hydrogen) atoms. The molecular formula is C9H22O3. The van der Waals surface area contributed by atoms with Gasteiger partial charge in [-0.3, -0.25) is 0 Å². The average molecular weight is 178 g/mol. The van der Waals surface area contributed by atoms with Crippen molar-refractivity contribution in [3.05, 3.63) is 0 Å². The van der Waals surface area contributed by atoms with Crippen LogP contribution in [-0.2, 0) is 9.53 Å². The first kappa shape index (κ1) is 17.6. The molecule has 0 aliphatic carbocycles. The van der Waals surface area contributed by atoms with Crippen molar-refractivity contribution in [3.8, 4) is 0 Å². The number of aliphatic hydroxyl groups excluding tert-OH is 1. The lowest BCUT2D eigenvalue weighted by molar-refractivity contribution is -0.114. The molecule has 0 rings (SSSR count). The standard InChI is InChI=1S/C4H10O.C3H6O.C2H6O/c1-3-5-4-2;1-3(2)4;1-2-3/h3-4H2,1-2H3;1-2H3;3H,2H2,1H3. The smallest absolute Gasteiger partial charge is 0.126 e. The van der Waals surface area contributed by atoms with Crippen LogP contribution in [0, 0.1) is 0 Å². The SMILES string of the molecule is CC(C)=O.CCO.CCOCC. The van der Waals surface area contributed by atoms with E-state index in [2.05, 4.69) is 0 Å². The van der Waals surface area contributed by atoms with Crippen molar-refractivity contribution in [2.45, 2.75) is 34.6 Å². The largest absolute Gasteiger partial charge is 0.397 e. The van der Waals surface area contributed by atoms with Crippen molar-refractivity contribution in [2.75, 3.05) is 19.8 Å². The highest BCUT2D eigenvalue weighted by Gasteiger charge is 1.64. The summed E-state index contributed by atoms with van der Waals surface area (Å²) in [7, 11) is 0. The van der Waals surface area contributed by atoms with E-state index in [4.69, 9.17) is 9.84 Å². The summed E-state index contributed by atoms with van der Waals surface area (Å²) in [5, 5.41) is 7.57. The molecule has 0 heterocycles. The minimum atomic E-state index is 0.167. The Hall–Kier alpha value is -0.410. The average Bonchev–Trinajstić information content (AvgIpc) is 1.89. The number of hydrogen-bond donors (Lipinski definition) is 1. The summed E-state index contributed by atoms with van der Waals surface area (Å²) in [5.41, 5.74) is 0. The van der Waals surface area contributed by atoms with Crippen LogP contribution in [0.4, 0.5) is 0 Å². The van der Waals surface area contributed by atoms with Gasteiger partial charge in [-0.1, -0.05) is 0 Å². The van der Waals surface area contributed by atoms with E-state index in [9.17, 15) is 4.79 Å². The molecule has 0 aromatic carbocycles. The molecule has 0 fully saturated rings. The van der Waals surface area contributed by atoms with Crippen LogP contribution in [0.25, 0.3) is 0 Å². The molecule has 0 unspecified atom stereocenters. The highest BCUT2D eigenvalue weighted by molar-refractivity contribution is 5.72. The van der Waals surface area contributed by atoms with Gasteiger partial charge in [-0.2, -0.15) is 0 Å². The highest BCUT2D eigenvalue weighted by atomic mass is 16.5. The van der Waals surface area contributed by atoms with E-state index in [0.29, 0.717) is 0 Å². The second kappa shape index (κ2) is 22.4. The number of rotatable bonds is 2. The van der Waals surface area contributed by atoms with Crippen molar-refractivity contribution >= 4 is 5.78 Å². The predicted molar refractivity (Wildman–Crippen MR) is 51.3 cm³/mol. The van der Waals surface area contributed by atoms with Gasteiger partial charge in [0.05, 0.1) is 0 Å². The van der Waals surface area contributed by atoms with Crippen LogP contribution in [0.2, 0.25) is 0 Å². The molecule has 0 amide bonds. The molecule has 0 aliphatic rings. The Labute approximate surface area is 75.7 Å². The van der Waals surface area contributed by atoms with Crippen molar-refractivity contribution in [1.82, 2.24) is 0 Å². The van der Waals surface area contributed by atoms with Crippen molar-refractivity contribution in [2.24, 2.45) is 0 Å². The summed E-state index contributed by atoms with van der Waals surface area (Å²) in [5.74, 6) is 0.167. The first-order chi connectivity index (χ1) is 5.56. The molecule has 3 nitrogen and oxygen atoms in total. The normalized spacial score (nSPS) is 7.17. The van der Waals surface area contributed by atoms with E-state index in [1.54, 1.807) is 6.92 Å². The zero-order valence-electron chi connectivity index (χ0n) is 8.89. The monoisotopic (exact) mass is 178 g/mol. The number of carbonyl (C=O) groups excluding carboxylic acids is 1. The van der Waals surface area contributed by atoms with Crippen LogP contribution in [0.5, 0.6) is 0 Å². The van der Waals surface area contributed by atoms with Crippen molar-refractivity contribution in [3.63, 3.8) is 0 Å². The zero-order chi connectivity index (χ0) is 10.4. The molecule has 0 aromatic heterocycles. The van der Waals surface area contributed by atoms with E-state index >= 15 is 0 Å². The van der Waals surface area contributed by atoms with E-state index in [-0.39, 0.29) is 12.4 Å². The molecule has 0 spiro atoms. The Morgan fingerprint density at radius 2 is 1.33 bits per heavy atom. The Kier molecular flexibility index (Phi) is 32.9. The van der Waals surface area contributed by atoms with Gasteiger partial charge in [-0.25, -0.2) is 0 Å². The molecule has 0 saturated carbocycles. The highest BCUT2D eigenvalue weighted by Crippen LogP contribution is 1.64. The van der Waals surface area contributed by atoms with Gasteiger partial charge in [-0.05, 0) is 34.6 Å². The second-order valence-corrected chi connectivity index (χ2v) is 2.01. The number of hydrogen-bond acceptors (Lipinski definition) is 3. The summed E-state index contributed by atoms with van der Waals surface area (Å²) < 4.78 is 4.83. The van der Waals surface area contributed by atoms with Crippen LogP contribution >= 0.6 is 0 Å². The first-order valence-electron chi connectivity index (χ1n) is 4.22. The minimum Gasteiger partial charge on any atom is -0.397 e. The molecule has 3 heteroatoms. The van der Waals surface area contributed by atoms with Crippen LogP contribution in [0.15, 0.2) is 0 Å². The van der Waals surface area contributed by atoms with Crippen LogP contribution < -0.4 is 0 Å². The number of ketones is 1. The summed E-state index contributed by atoms with van der Waals surface area (Å²) in [4.78, 5) is 9.44. The zero-order valence-corrected chi connectivity index (χ0v) is 8.89. The lowest BCUT2D eigenvalue weighted by Gasteiger charge is -1.86. The van der Waals surface area contributed by atoms with Crippen LogP contribution in [0.3, 0.4) is 0 Å². The fourth-order valence-corrected chi connectivity index (χ4v) is 0.204. The van der Waals surface area contributed by atoms with Crippen LogP contribution in [0.1, 0.15) is 34.6 Å². The predicted octanol–water partition coefficient (Wildman–Crippen LogP) is 1.64. The van der Waals surface area contributed by atoms with Gasteiger partial charge in [0.2, 0.25) is 0 Å². The second-order valence-electron chi connectivity index (χ2n) is 2.01. The third-order valence-electron chi connectivity index (χ3n) is 0.408. The first-order valence-corrected chi connectivity index (χ1v) is 4.22. The Morgan fingerprint density at radius 1 is 1.17 bits per heavy atom. The van der Waals surface area contributed by atoms with E-state index in [1.165, 1.54) is 13.8 Å². The molecule has 0 atom stereocenters. The quantitative estimate of drug-likeness (QED) is 0.699. The van der Waals surface area contributed by atoms with Gasteiger partial charge in [0, 0.05) is 19.8 Å². The molecule has 0 aliphatic heterocycles. The molecule has 76 valence electrons. The number of Topliss-reactive ketones (excluding diaryl/α,β-unsaturated/α-hetero) is 1. The molecule has 0 aromatic rings. The van der Waals surface area contributed by atoms with Crippen molar-refractivity contribution < 1.29 is 14.6 Å². The molecule has 0 radical (unpaired) electrons. The van der Waals surface area contributed by atoms with Gasteiger partial charge < -0.3 is 14.6 Å². The lowest BCUT2D eigenvalue weighted by Crippen LogP contribution is -1.84.